The highest BCUT2D eigenvalue weighted by Crippen LogP contribution is 2.51. The lowest BCUT2D eigenvalue weighted by Gasteiger charge is -2.52. The highest BCUT2D eigenvalue weighted by Gasteiger charge is 2.69. The van der Waals surface area contributed by atoms with Gasteiger partial charge >= 0.3 is 0 Å². The molecular formula is C26H33N3O8. The number of ketones is 4. The maximum atomic E-state index is 13.8. The summed E-state index contributed by atoms with van der Waals surface area (Å²) in [4.78, 5) is 72.9. The molecule has 0 heterocycles. The first-order valence-electron chi connectivity index (χ1n) is 12.2. The van der Waals surface area contributed by atoms with Gasteiger partial charge < -0.3 is 15.9 Å². The van der Waals surface area contributed by atoms with Crippen LogP contribution in [0.3, 0.4) is 0 Å². The Morgan fingerprint density at radius 1 is 1.19 bits per heavy atom. The molecule has 1 amide bonds. The molecule has 0 radical (unpaired) electrons. The highest BCUT2D eigenvalue weighted by molar-refractivity contribution is 6.32. The number of nitrogens with one attached hydrogen (secondary N) is 1. The van der Waals surface area contributed by atoms with Crippen molar-refractivity contribution in [2.45, 2.75) is 57.4 Å². The largest absolute Gasteiger partial charge is 0.507 e. The van der Waals surface area contributed by atoms with Gasteiger partial charge in [0.2, 0.25) is 5.91 Å². The van der Waals surface area contributed by atoms with E-state index in [1.807, 2.05) is 20.8 Å². The van der Waals surface area contributed by atoms with Crippen LogP contribution in [0.5, 0.6) is 5.75 Å². The number of carbonyl (C=O) groups is 5. The number of aromatic hydroxyl groups is 1. The summed E-state index contributed by atoms with van der Waals surface area (Å²) in [7, 11) is 3.09. The normalized spacial score (nSPS) is 31.7. The van der Waals surface area contributed by atoms with Gasteiger partial charge in [-0.05, 0) is 70.8 Å². The third kappa shape index (κ3) is 4.19. The number of phenolic OH excluding ortho intramolecular Hbond substituents is 1. The molecule has 1 aromatic rings. The van der Waals surface area contributed by atoms with Crippen LogP contribution in [0.2, 0.25) is 0 Å². The van der Waals surface area contributed by atoms with E-state index in [0.29, 0.717) is 11.1 Å². The van der Waals surface area contributed by atoms with Gasteiger partial charge in [-0.3, -0.25) is 33.7 Å². The second-order valence-electron chi connectivity index (χ2n) is 11.4. The van der Waals surface area contributed by atoms with Crippen molar-refractivity contribution in [3.63, 3.8) is 0 Å². The van der Waals surface area contributed by atoms with Gasteiger partial charge in [0.05, 0.1) is 23.1 Å². The molecule has 6 atom stereocenters. The van der Waals surface area contributed by atoms with Crippen molar-refractivity contribution >= 4 is 29.0 Å². The molecule has 0 saturated heterocycles. The zero-order chi connectivity index (χ0) is 27.6. The van der Waals surface area contributed by atoms with E-state index in [4.69, 9.17) is 10.6 Å². The van der Waals surface area contributed by atoms with Gasteiger partial charge in [0.15, 0.2) is 34.7 Å². The molecule has 0 aromatic heterocycles. The molecule has 11 nitrogen and oxygen atoms in total. The van der Waals surface area contributed by atoms with Gasteiger partial charge in [-0.15, -0.1) is 0 Å². The lowest BCUT2D eigenvalue weighted by Crippen LogP contribution is -2.74. The molecule has 4 rings (SSSR count). The van der Waals surface area contributed by atoms with Crippen molar-refractivity contribution in [2.75, 3.05) is 14.1 Å². The number of primary amides is 1. The summed E-state index contributed by atoms with van der Waals surface area (Å²) in [5, 5.41) is 22.1. The summed E-state index contributed by atoms with van der Waals surface area (Å²) in [6, 6.07) is 1.88. The summed E-state index contributed by atoms with van der Waals surface area (Å²) in [5.74, 6) is -10.6. The Balaban J connectivity index is 1.78. The van der Waals surface area contributed by atoms with E-state index in [2.05, 4.69) is 5.48 Å². The van der Waals surface area contributed by atoms with Crippen LogP contribution in [0.25, 0.3) is 0 Å². The number of fused-ring (bicyclic) bond motifs is 3. The zero-order valence-electron chi connectivity index (χ0n) is 21.5. The molecule has 2 unspecified atom stereocenters. The topological polar surface area (TPSA) is 176 Å². The number of hydroxylamine groups is 1. The minimum absolute atomic E-state index is 0.00487. The van der Waals surface area contributed by atoms with Gasteiger partial charge in [0, 0.05) is 12.5 Å². The molecule has 5 N–H and O–H groups in total. The third-order valence-electron chi connectivity index (χ3n) is 7.68. The van der Waals surface area contributed by atoms with Gasteiger partial charge in [-0.2, -0.15) is 5.48 Å². The predicted molar refractivity (Wildman–Crippen MR) is 129 cm³/mol. The van der Waals surface area contributed by atoms with Crippen LogP contribution in [0.1, 0.15) is 48.7 Å². The van der Waals surface area contributed by atoms with Gasteiger partial charge in [0.1, 0.15) is 5.75 Å². The molecule has 200 valence electrons. The number of hydrogen-bond acceptors (Lipinski definition) is 10. The molecule has 0 spiro atoms. The van der Waals surface area contributed by atoms with Crippen LogP contribution >= 0.6 is 0 Å². The molecular weight excluding hydrogens is 482 g/mol. The number of Topliss-reactive ketones (excluding diaryl/α,β-unsaturated/α-hetero) is 4. The third-order valence-corrected chi connectivity index (χ3v) is 7.68. The summed E-state index contributed by atoms with van der Waals surface area (Å²) >= 11 is 0. The molecule has 2 saturated carbocycles. The number of likely N-dealkylation sites (N-methyl/N-ethyl adjacent to an activating group) is 1. The van der Waals surface area contributed by atoms with Crippen molar-refractivity contribution in [3.05, 3.63) is 28.8 Å². The predicted octanol–water partition coefficient (Wildman–Crippen LogP) is -0.313. The fourth-order valence-electron chi connectivity index (χ4n) is 6.16. The Kier molecular flexibility index (Phi) is 6.64. The van der Waals surface area contributed by atoms with Gasteiger partial charge in [-0.25, -0.2) is 0 Å². The van der Waals surface area contributed by atoms with Crippen LogP contribution in [0.15, 0.2) is 12.1 Å². The monoisotopic (exact) mass is 515 g/mol. The number of carbonyl (C=O) groups excluding carboxylic acids is 5. The van der Waals surface area contributed by atoms with E-state index in [1.165, 1.54) is 11.0 Å². The van der Waals surface area contributed by atoms with Crippen molar-refractivity contribution in [1.82, 2.24) is 10.4 Å². The number of phenols is 1. The fourth-order valence-corrected chi connectivity index (χ4v) is 6.16. The molecule has 3 aliphatic carbocycles. The van der Waals surface area contributed by atoms with Crippen LogP contribution in [0, 0.1) is 23.7 Å². The summed E-state index contributed by atoms with van der Waals surface area (Å²) in [5.41, 5.74) is 6.18. The van der Waals surface area contributed by atoms with Crippen LogP contribution in [0.4, 0.5) is 0 Å². The number of benzene rings is 1. The first kappa shape index (κ1) is 27.1. The van der Waals surface area contributed by atoms with Crippen LogP contribution < -0.4 is 11.2 Å². The number of amides is 1. The average molecular weight is 516 g/mol. The number of aliphatic hydroxyl groups is 1. The van der Waals surface area contributed by atoms with Gasteiger partial charge in [-0.1, -0.05) is 6.07 Å². The van der Waals surface area contributed by atoms with Crippen molar-refractivity contribution < 1.29 is 39.0 Å². The van der Waals surface area contributed by atoms with Crippen LogP contribution in [-0.4, -0.2) is 75.5 Å². The zero-order valence-corrected chi connectivity index (χ0v) is 21.5. The van der Waals surface area contributed by atoms with Crippen molar-refractivity contribution in [3.8, 4) is 5.75 Å². The van der Waals surface area contributed by atoms with Crippen LogP contribution in [-0.2, 0) is 37.0 Å². The summed E-state index contributed by atoms with van der Waals surface area (Å²) in [6.45, 7) is 5.83. The Hall–Kier alpha value is -2.99. The van der Waals surface area contributed by atoms with Crippen molar-refractivity contribution in [2.24, 2.45) is 29.4 Å². The lowest BCUT2D eigenvalue weighted by molar-refractivity contribution is -0.181. The fraction of sp³-hybridized carbons (Fsp3) is 0.577. The maximum absolute atomic E-state index is 13.8. The minimum atomic E-state index is -2.73. The molecule has 3 aliphatic rings. The SMILES string of the molecule is CN(C)[C@@H]1C(=O)C(C(N)=O)C(=O)[C@@]2(O)C(=O)C3C(=O)c4c(O)ccc(CNOC(C)(C)C)c4C[C@H]3C[C@@H]12. The second-order valence-corrected chi connectivity index (χ2v) is 11.4. The Bertz CT molecular complexity index is 1200. The number of rotatable bonds is 5. The highest BCUT2D eigenvalue weighted by atomic mass is 16.7. The number of nitrogens with zero attached hydrogens (tertiary/aromatic N) is 1. The molecule has 0 bridgehead atoms. The average Bonchev–Trinajstić information content (AvgIpc) is 2.76. The van der Waals surface area contributed by atoms with E-state index >= 15 is 0 Å². The van der Waals surface area contributed by atoms with Crippen molar-refractivity contribution in [1.29, 1.82) is 0 Å². The van der Waals surface area contributed by atoms with Gasteiger partial charge in [0.25, 0.3) is 0 Å². The molecule has 1 aromatic carbocycles. The standard InChI is InChI=1S/C26H33N3O8/c1-25(2,3)37-28-10-11-6-7-15(30)17-13(11)8-12-9-14-19(29(4)5)21(32)18(24(27)35)23(34)26(14,36)22(33)16(12)20(17)31/h6-7,12,14,16,18-19,28,30,36H,8-10H2,1-5H3,(H2,27,35)/t12-,14-,16?,18?,19-,26-/m0/s1. The number of hydrogen-bond donors (Lipinski definition) is 4. The molecule has 2 fully saturated rings. The summed E-state index contributed by atoms with van der Waals surface area (Å²) in [6.07, 6.45) is 0.206. The van der Waals surface area contributed by atoms with E-state index in [1.54, 1.807) is 20.2 Å². The lowest BCUT2D eigenvalue weighted by atomic mass is 9.52. The molecule has 11 heteroatoms. The number of nitrogens with two attached hydrogens (primary N) is 1. The minimum Gasteiger partial charge on any atom is -0.507 e. The Labute approximate surface area is 214 Å². The first-order valence-corrected chi connectivity index (χ1v) is 12.2. The maximum Gasteiger partial charge on any atom is 0.235 e. The Morgan fingerprint density at radius 2 is 1.84 bits per heavy atom. The Morgan fingerprint density at radius 3 is 2.41 bits per heavy atom. The van der Waals surface area contributed by atoms with E-state index in [9.17, 15) is 34.2 Å². The van der Waals surface area contributed by atoms with E-state index < -0.39 is 70.0 Å². The first-order chi connectivity index (χ1) is 17.1. The molecule has 37 heavy (non-hydrogen) atoms. The second kappa shape index (κ2) is 9.09. The molecule has 0 aliphatic heterocycles. The smallest absolute Gasteiger partial charge is 0.235 e. The van der Waals surface area contributed by atoms with E-state index in [-0.39, 0.29) is 30.7 Å². The summed E-state index contributed by atoms with van der Waals surface area (Å²) < 4.78 is 0. The van der Waals surface area contributed by atoms with E-state index in [0.717, 1.165) is 0 Å². The quantitative estimate of drug-likeness (QED) is 0.300.